The molecule has 24 heavy (non-hydrogen) atoms. The van der Waals surface area contributed by atoms with Crippen molar-refractivity contribution >= 4 is 25.0 Å². The number of rotatable bonds is 5. The molecule has 0 N–H and O–H groups in total. The van der Waals surface area contributed by atoms with Gasteiger partial charge in [0.25, 0.3) is 0 Å². The van der Waals surface area contributed by atoms with Gasteiger partial charge in [-0.2, -0.15) is 0 Å². The molecule has 1 heterocycles. The summed E-state index contributed by atoms with van der Waals surface area (Å²) in [6.45, 7) is 7.05. The molecule has 0 aliphatic carbocycles. The Hall–Kier alpha value is -1.40. The second kappa shape index (κ2) is 8.12. The summed E-state index contributed by atoms with van der Waals surface area (Å²) < 4.78 is 34.6. The number of hydrogen-bond donors (Lipinski definition) is 0. The normalized spacial score (nSPS) is 33.0. The Balaban J connectivity index is 3.38. The molecular formula is C15H25O8P. The maximum Gasteiger partial charge on any atom is 0.303 e. The topological polar surface area (TPSA) is 105 Å². The molecule has 0 amide bonds. The molecule has 0 aromatic rings. The van der Waals surface area contributed by atoms with E-state index < -0.39 is 49.2 Å². The van der Waals surface area contributed by atoms with E-state index in [0.29, 0.717) is 0 Å². The van der Waals surface area contributed by atoms with E-state index in [1.165, 1.54) is 27.9 Å². The van der Waals surface area contributed by atoms with Gasteiger partial charge in [0.15, 0.2) is 11.9 Å². The Bertz CT molecular complexity index is 544. The van der Waals surface area contributed by atoms with Crippen molar-refractivity contribution in [2.24, 2.45) is 0 Å². The average Bonchev–Trinajstić information content (AvgIpc) is 2.41. The molecule has 0 aromatic carbocycles. The lowest BCUT2D eigenvalue weighted by Gasteiger charge is -2.45. The van der Waals surface area contributed by atoms with Gasteiger partial charge < -0.3 is 23.5 Å². The number of esters is 3. The maximum absolute atomic E-state index is 13.5. The molecule has 9 heteroatoms. The largest absolute Gasteiger partial charge is 0.459 e. The molecule has 0 radical (unpaired) electrons. The molecule has 0 aromatic heterocycles. The van der Waals surface area contributed by atoms with Crippen molar-refractivity contribution in [2.45, 2.75) is 64.4 Å². The third kappa shape index (κ3) is 4.57. The summed E-state index contributed by atoms with van der Waals surface area (Å²) >= 11 is 0. The first-order valence-corrected chi connectivity index (χ1v) is 9.68. The van der Waals surface area contributed by atoms with Gasteiger partial charge in [0.2, 0.25) is 0 Å². The third-order valence-electron chi connectivity index (χ3n) is 3.92. The summed E-state index contributed by atoms with van der Waals surface area (Å²) in [4.78, 5) is 34.4. The molecular weight excluding hydrogens is 339 g/mol. The Morgan fingerprint density at radius 2 is 1.42 bits per heavy atom. The van der Waals surface area contributed by atoms with Crippen molar-refractivity contribution in [3.63, 3.8) is 0 Å². The molecule has 1 aliphatic heterocycles. The van der Waals surface area contributed by atoms with Crippen molar-refractivity contribution in [1.29, 1.82) is 0 Å². The second-order valence-corrected chi connectivity index (χ2v) is 9.67. The molecule has 0 spiro atoms. The standard InChI is InChI=1S/C15H25O8P/c1-8(2)24(19)7-12(21-9(3)16)13(20-6)14(22-10(4)17)15(24)23-11(5)18/h8,12-15H,7H2,1-6H3/t12-,13-,14+,15+,24?/m1/s1. The fourth-order valence-electron chi connectivity index (χ4n) is 2.86. The zero-order chi connectivity index (χ0) is 18.7. The maximum atomic E-state index is 13.5. The summed E-state index contributed by atoms with van der Waals surface area (Å²) in [5.74, 6) is -2.99. The quantitative estimate of drug-likeness (QED) is 0.411. The van der Waals surface area contributed by atoms with E-state index >= 15 is 0 Å². The first kappa shape index (κ1) is 20.6. The van der Waals surface area contributed by atoms with Gasteiger partial charge >= 0.3 is 17.9 Å². The van der Waals surface area contributed by atoms with Gasteiger partial charge in [0, 0.05) is 39.7 Å². The summed E-state index contributed by atoms with van der Waals surface area (Å²) in [5, 5.41) is 0. The van der Waals surface area contributed by atoms with Crippen molar-refractivity contribution in [3.05, 3.63) is 0 Å². The first-order valence-electron chi connectivity index (χ1n) is 7.65. The number of carbonyl (C=O) groups is 3. The van der Waals surface area contributed by atoms with Crippen LogP contribution in [0.1, 0.15) is 34.6 Å². The number of ether oxygens (including phenoxy) is 4. The van der Waals surface area contributed by atoms with Gasteiger partial charge in [-0.05, 0) is 0 Å². The lowest BCUT2D eigenvalue weighted by atomic mass is 10.1. The van der Waals surface area contributed by atoms with Crippen LogP contribution in [-0.2, 0) is 37.9 Å². The highest BCUT2D eigenvalue weighted by Crippen LogP contribution is 2.61. The van der Waals surface area contributed by atoms with Crippen LogP contribution in [0.3, 0.4) is 0 Å². The number of methoxy groups -OCH3 is 1. The number of hydrogen-bond acceptors (Lipinski definition) is 8. The highest BCUT2D eigenvalue weighted by atomic mass is 31.2. The fraction of sp³-hybridized carbons (Fsp3) is 0.800. The van der Waals surface area contributed by atoms with Gasteiger partial charge in [-0.15, -0.1) is 0 Å². The van der Waals surface area contributed by atoms with Crippen molar-refractivity contribution < 1.29 is 37.9 Å². The summed E-state index contributed by atoms with van der Waals surface area (Å²) in [6, 6.07) is 0. The smallest absolute Gasteiger partial charge is 0.303 e. The highest BCUT2D eigenvalue weighted by molar-refractivity contribution is 7.65. The molecule has 1 saturated heterocycles. The Labute approximate surface area is 141 Å². The molecule has 0 bridgehead atoms. The predicted octanol–water partition coefficient (Wildman–Crippen LogP) is 1.54. The van der Waals surface area contributed by atoms with Crippen LogP contribution in [0, 0.1) is 0 Å². The van der Waals surface area contributed by atoms with Gasteiger partial charge in [-0.25, -0.2) is 0 Å². The van der Waals surface area contributed by atoms with E-state index in [1.807, 2.05) is 0 Å². The minimum Gasteiger partial charge on any atom is -0.459 e. The summed E-state index contributed by atoms with van der Waals surface area (Å²) in [5.41, 5.74) is -0.365. The van der Waals surface area contributed by atoms with Crippen molar-refractivity contribution in [1.82, 2.24) is 0 Å². The molecule has 8 nitrogen and oxygen atoms in total. The van der Waals surface area contributed by atoms with Crippen LogP contribution in [-0.4, -0.2) is 61.0 Å². The van der Waals surface area contributed by atoms with E-state index in [0.717, 1.165) is 0 Å². The Kier molecular flexibility index (Phi) is 6.98. The molecule has 1 fully saturated rings. The van der Waals surface area contributed by atoms with E-state index in [2.05, 4.69) is 0 Å². The first-order chi connectivity index (χ1) is 11.0. The molecule has 5 atom stereocenters. The van der Waals surface area contributed by atoms with Gasteiger partial charge in [0.05, 0.1) is 0 Å². The molecule has 1 unspecified atom stereocenters. The lowest BCUT2D eigenvalue weighted by molar-refractivity contribution is -0.185. The van der Waals surface area contributed by atoms with Crippen molar-refractivity contribution in [2.75, 3.05) is 13.3 Å². The SMILES string of the molecule is CO[C@H]1[C@H](OC(C)=O)[C@@H](OC(C)=O)P(=O)(C(C)C)C[C@H]1OC(C)=O. The highest BCUT2D eigenvalue weighted by Gasteiger charge is 2.57. The Morgan fingerprint density at radius 3 is 1.79 bits per heavy atom. The predicted molar refractivity (Wildman–Crippen MR) is 85.1 cm³/mol. The fourth-order valence-corrected chi connectivity index (χ4v) is 5.98. The molecule has 1 aliphatic rings. The zero-order valence-corrected chi connectivity index (χ0v) is 15.7. The summed E-state index contributed by atoms with van der Waals surface area (Å²) in [6.07, 6.45) is -2.89. The van der Waals surface area contributed by atoms with E-state index in [1.54, 1.807) is 13.8 Å². The van der Waals surface area contributed by atoms with Crippen LogP contribution in [0.4, 0.5) is 0 Å². The van der Waals surface area contributed by atoms with Crippen LogP contribution < -0.4 is 0 Å². The van der Waals surface area contributed by atoms with E-state index in [9.17, 15) is 18.9 Å². The van der Waals surface area contributed by atoms with E-state index in [-0.39, 0.29) is 11.8 Å². The molecule has 138 valence electrons. The molecule has 1 rings (SSSR count). The lowest BCUT2D eigenvalue weighted by Crippen LogP contribution is -2.57. The van der Waals surface area contributed by atoms with Crippen LogP contribution in [0.5, 0.6) is 0 Å². The second-order valence-electron chi connectivity index (χ2n) is 6.05. The van der Waals surface area contributed by atoms with Crippen LogP contribution in [0.2, 0.25) is 0 Å². The Morgan fingerprint density at radius 1 is 0.917 bits per heavy atom. The monoisotopic (exact) mass is 364 g/mol. The van der Waals surface area contributed by atoms with Gasteiger partial charge in [-0.3, -0.25) is 14.4 Å². The van der Waals surface area contributed by atoms with Crippen LogP contribution in [0.15, 0.2) is 0 Å². The zero-order valence-electron chi connectivity index (χ0n) is 14.8. The van der Waals surface area contributed by atoms with Crippen molar-refractivity contribution in [3.8, 4) is 0 Å². The average molecular weight is 364 g/mol. The number of carbonyl (C=O) groups excluding carboxylic acids is 3. The third-order valence-corrected chi connectivity index (χ3v) is 7.86. The molecule has 0 saturated carbocycles. The van der Waals surface area contributed by atoms with Gasteiger partial charge in [0.1, 0.15) is 19.3 Å². The van der Waals surface area contributed by atoms with Gasteiger partial charge in [-0.1, -0.05) is 13.8 Å². The summed E-state index contributed by atoms with van der Waals surface area (Å²) in [7, 11) is -1.85. The van der Waals surface area contributed by atoms with Crippen LogP contribution >= 0.6 is 7.14 Å². The minimum absolute atomic E-state index is 0.0154. The van der Waals surface area contributed by atoms with E-state index in [4.69, 9.17) is 18.9 Å². The minimum atomic E-state index is -3.20. The van der Waals surface area contributed by atoms with Crippen LogP contribution in [0.25, 0.3) is 0 Å².